The van der Waals surface area contributed by atoms with E-state index in [4.69, 9.17) is 21.8 Å². The maximum absolute atomic E-state index is 11.6. The van der Waals surface area contributed by atoms with Gasteiger partial charge in [0.2, 0.25) is 0 Å². The van der Waals surface area contributed by atoms with Crippen molar-refractivity contribution < 1.29 is 15.0 Å². The lowest BCUT2D eigenvalue weighted by atomic mass is 10.1. The number of halogens is 1. The number of hydrogen-bond donors (Lipinski definition) is 3. The summed E-state index contributed by atoms with van der Waals surface area (Å²) in [5.41, 5.74) is 1.30. The molecule has 1 aromatic rings. The van der Waals surface area contributed by atoms with Crippen LogP contribution in [0.1, 0.15) is 15.9 Å². The zero-order chi connectivity index (χ0) is 12.1. The summed E-state index contributed by atoms with van der Waals surface area (Å²) >= 11 is 5.83. The Balaban J connectivity index is 2.63. The van der Waals surface area contributed by atoms with E-state index < -0.39 is 6.10 Å². The van der Waals surface area contributed by atoms with Crippen LogP contribution in [0.15, 0.2) is 18.2 Å². The monoisotopic (exact) mass is 243 g/mol. The predicted octanol–water partition coefficient (Wildman–Crippen LogP) is 0.731. The Labute approximate surface area is 98.9 Å². The van der Waals surface area contributed by atoms with Crippen LogP contribution < -0.4 is 5.32 Å². The number of nitrogens with one attached hydrogen (secondary N) is 1. The van der Waals surface area contributed by atoms with Gasteiger partial charge in [0.05, 0.1) is 12.7 Å². The molecule has 1 aromatic carbocycles. The van der Waals surface area contributed by atoms with Crippen LogP contribution in [0.4, 0.5) is 0 Å². The lowest BCUT2D eigenvalue weighted by Crippen LogP contribution is -2.33. The number of benzene rings is 1. The van der Waals surface area contributed by atoms with E-state index in [-0.39, 0.29) is 19.1 Å². The molecule has 4 nitrogen and oxygen atoms in total. The number of amides is 1. The van der Waals surface area contributed by atoms with Crippen molar-refractivity contribution in [2.45, 2.75) is 13.0 Å². The number of aliphatic hydroxyl groups is 2. The highest BCUT2D eigenvalue weighted by atomic mass is 35.5. The molecule has 1 unspecified atom stereocenters. The second-order valence-corrected chi connectivity index (χ2v) is 3.92. The summed E-state index contributed by atoms with van der Waals surface area (Å²) < 4.78 is 0. The molecule has 0 aliphatic heterocycles. The first-order chi connectivity index (χ1) is 7.54. The molecular formula is C11H14ClNO3. The number of aryl methyl sites for hydroxylation is 1. The van der Waals surface area contributed by atoms with E-state index in [9.17, 15) is 4.79 Å². The van der Waals surface area contributed by atoms with Crippen LogP contribution in [0.25, 0.3) is 0 Å². The molecule has 0 bridgehead atoms. The van der Waals surface area contributed by atoms with Gasteiger partial charge in [-0.1, -0.05) is 11.6 Å². The second-order valence-electron chi connectivity index (χ2n) is 3.51. The quantitative estimate of drug-likeness (QED) is 0.730. The molecule has 5 heteroatoms. The van der Waals surface area contributed by atoms with Crippen LogP contribution in [-0.4, -0.2) is 35.4 Å². The van der Waals surface area contributed by atoms with E-state index in [0.29, 0.717) is 10.6 Å². The molecule has 0 saturated heterocycles. The summed E-state index contributed by atoms with van der Waals surface area (Å²) in [4.78, 5) is 11.6. The zero-order valence-electron chi connectivity index (χ0n) is 8.90. The average Bonchev–Trinajstić information content (AvgIpc) is 2.29. The standard InChI is InChI=1S/C11H14ClNO3/c1-7-4-8(2-3-10(7)12)11(16)13-5-9(15)6-14/h2-4,9,14-15H,5-6H2,1H3,(H,13,16). The first-order valence-corrected chi connectivity index (χ1v) is 5.25. The predicted molar refractivity (Wildman–Crippen MR) is 61.6 cm³/mol. The Morgan fingerprint density at radius 1 is 1.56 bits per heavy atom. The number of carbonyl (C=O) groups excluding carboxylic acids is 1. The van der Waals surface area contributed by atoms with Gasteiger partial charge in [0.25, 0.3) is 5.91 Å². The molecule has 1 rings (SSSR count). The minimum atomic E-state index is -0.933. The van der Waals surface area contributed by atoms with Crippen LogP contribution in [0, 0.1) is 6.92 Å². The third kappa shape index (κ3) is 3.48. The summed E-state index contributed by atoms with van der Waals surface area (Å²) in [6, 6.07) is 4.92. The van der Waals surface area contributed by atoms with Crippen molar-refractivity contribution in [2.24, 2.45) is 0 Å². The van der Waals surface area contributed by atoms with Crippen molar-refractivity contribution in [3.8, 4) is 0 Å². The molecule has 0 fully saturated rings. The number of carbonyl (C=O) groups is 1. The first kappa shape index (κ1) is 13.0. The fourth-order valence-corrected chi connectivity index (χ4v) is 1.28. The fourth-order valence-electron chi connectivity index (χ4n) is 1.16. The van der Waals surface area contributed by atoms with Crippen molar-refractivity contribution >= 4 is 17.5 Å². The number of hydrogen-bond acceptors (Lipinski definition) is 3. The third-order valence-electron chi connectivity index (χ3n) is 2.13. The molecule has 0 spiro atoms. The van der Waals surface area contributed by atoms with Crippen LogP contribution in [0.3, 0.4) is 0 Å². The molecule has 0 heterocycles. The van der Waals surface area contributed by atoms with Crippen LogP contribution in [0.5, 0.6) is 0 Å². The largest absolute Gasteiger partial charge is 0.394 e. The molecular weight excluding hydrogens is 230 g/mol. The lowest BCUT2D eigenvalue weighted by molar-refractivity contribution is 0.0802. The highest BCUT2D eigenvalue weighted by Crippen LogP contribution is 2.16. The van der Waals surface area contributed by atoms with Crippen molar-refractivity contribution in [1.82, 2.24) is 5.32 Å². The zero-order valence-corrected chi connectivity index (χ0v) is 9.66. The van der Waals surface area contributed by atoms with Gasteiger partial charge in [-0.15, -0.1) is 0 Å². The topological polar surface area (TPSA) is 69.6 Å². The maximum Gasteiger partial charge on any atom is 0.251 e. The van der Waals surface area contributed by atoms with E-state index in [1.165, 1.54) is 0 Å². The second kappa shape index (κ2) is 5.84. The van der Waals surface area contributed by atoms with Gasteiger partial charge in [0.1, 0.15) is 0 Å². The van der Waals surface area contributed by atoms with Gasteiger partial charge >= 0.3 is 0 Å². The van der Waals surface area contributed by atoms with Gasteiger partial charge in [-0.3, -0.25) is 4.79 Å². The van der Waals surface area contributed by atoms with Crippen molar-refractivity contribution in [3.63, 3.8) is 0 Å². The molecule has 1 atom stereocenters. The normalized spacial score (nSPS) is 12.2. The van der Waals surface area contributed by atoms with Crippen LogP contribution in [-0.2, 0) is 0 Å². The van der Waals surface area contributed by atoms with E-state index in [1.807, 2.05) is 6.92 Å². The van der Waals surface area contributed by atoms with Crippen molar-refractivity contribution in [1.29, 1.82) is 0 Å². The lowest BCUT2D eigenvalue weighted by Gasteiger charge is -2.09. The first-order valence-electron chi connectivity index (χ1n) is 4.88. The van der Waals surface area contributed by atoms with E-state index in [0.717, 1.165) is 5.56 Å². The third-order valence-corrected chi connectivity index (χ3v) is 2.55. The molecule has 3 N–H and O–H groups in total. The van der Waals surface area contributed by atoms with E-state index in [1.54, 1.807) is 18.2 Å². The summed E-state index contributed by atoms with van der Waals surface area (Å²) in [7, 11) is 0. The van der Waals surface area contributed by atoms with E-state index in [2.05, 4.69) is 5.32 Å². The Morgan fingerprint density at radius 2 is 2.25 bits per heavy atom. The average molecular weight is 244 g/mol. The Morgan fingerprint density at radius 3 is 2.81 bits per heavy atom. The molecule has 0 radical (unpaired) electrons. The highest BCUT2D eigenvalue weighted by molar-refractivity contribution is 6.31. The van der Waals surface area contributed by atoms with Gasteiger partial charge in [0.15, 0.2) is 0 Å². The summed E-state index contributed by atoms with van der Waals surface area (Å²) in [5.74, 6) is -0.299. The Bertz CT molecular complexity index is 381. The molecule has 1 amide bonds. The summed E-state index contributed by atoms with van der Waals surface area (Å²) in [5, 5.41) is 20.8. The molecule has 0 aliphatic rings. The molecule has 0 aliphatic carbocycles. The molecule has 0 saturated carbocycles. The molecule has 16 heavy (non-hydrogen) atoms. The highest BCUT2D eigenvalue weighted by Gasteiger charge is 2.09. The number of aliphatic hydroxyl groups excluding tert-OH is 2. The summed E-state index contributed by atoms with van der Waals surface area (Å²) in [6.07, 6.45) is -0.933. The van der Waals surface area contributed by atoms with Gasteiger partial charge < -0.3 is 15.5 Å². The van der Waals surface area contributed by atoms with Gasteiger partial charge in [0, 0.05) is 17.1 Å². The smallest absolute Gasteiger partial charge is 0.251 e. The Hall–Kier alpha value is -1.10. The minimum Gasteiger partial charge on any atom is -0.394 e. The minimum absolute atomic E-state index is 0.0248. The van der Waals surface area contributed by atoms with Gasteiger partial charge in [-0.05, 0) is 30.7 Å². The summed E-state index contributed by atoms with van der Waals surface area (Å²) in [6.45, 7) is 1.46. The maximum atomic E-state index is 11.6. The van der Waals surface area contributed by atoms with Gasteiger partial charge in [-0.2, -0.15) is 0 Å². The van der Waals surface area contributed by atoms with Crippen molar-refractivity contribution in [2.75, 3.05) is 13.2 Å². The van der Waals surface area contributed by atoms with Crippen molar-refractivity contribution in [3.05, 3.63) is 34.3 Å². The molecule has 88 valence electrons. The molecule has 0 aromatic heterocycles. The fraction of sp³-hybridized carbons (Fsp3) is 0.364. The SMILES string of the molecule is Cc1cc(C(=O)NCC(O)CO)ccc1Cl. The van der Waals surface area contributed by atoms with Crippen LogP contribution >= 0.6 is 11.6 Å². The van der Waals surface area contributed by atoms with Gasteiger partial charge in [-0.25, -0.2) is 0 Å². The number of rotatable bonds is 4. The Kier molecular flexibility index (Phi) is 4.73. The van der Waals surface area contributed by atoms with Crippen LogP contribution in [0.2, 0.25) is 5.02 Å². The van der Waals surface area contributed by atoms with E-state index >= 15 is 0 Å².